The molecule has 3 rings (SSSR count). The highest BCUT2D eigenvalue weighted by Gasteiger charge is 2.17. The Morgan fingerprint density at radius 3 is 2.64 bits per heavy atom. The second-order valence-corrected chi connectivity index (χ2v) is 10.3. The summed E-state index contributed by atoms with van der Waals surface area (Å²) in [5.41, 5.74) is 1.89. The van der Waals surface area contributed by atoms with Gasteiger partial charge in [-0.1, -0.05) is 16.9 Å². The van der Waals surface area contributed by atoms with Crippen molar-refractivity contribution in [2.45, 2.75) is 36.5 Å². The molecule has 1 aromatic carbocycles. The van der Waals surface area contributed by atoms with Crippen LogP contribution in [0.25, 0.3) is 11.0 Å². The molecule has 0 bridgehead atoms. The summed E-state index contributed by atoms with van der Waals surface area (Å²) in [4.78, 5) is 37.4. The molecule has 2 atom stereocenters. The molecule has 5 N–H and O–H groups in total. The number of carbonyl (C=O) groups excluding carboxylic acids is 2. The molecule has 2 amide bonds. The van der Waals surface area contributed by atoms with E-state index in [-0.39, 0.29) is 18.2 Å². The van der Waals surface area contributed by atoms with E-state index in [1.54, 1.807) is 46.0 Å². The summed E-state index contributed by atoms with van der Waals surface area (Å²) in [6, 6.07) is 10.7. The third-order valence-electron chi connectivity index (χ3n) is 5.06. The van der Waals surface area contributed by atoms with Gasteiger partial charge in [-0.25, -0.2) is 9.97 Å². The summed E-state index contributed by atoms with van der Waals surface area (Å²) in [6.07, 6.45) is 1.63. The van der Waals surface area contributed by atoms with E-state index in [1.807, 2.05) is 18.2 Å². The Hall–Kier alpha value is -2.77. The third-order valence-corrected chi connectivity index (χ3v) is 7.33. The highest BCUT2D eigenvalue weighted by molar-refractivity contribution is 8.76. The molecule has 12 heteroatoms. The molecule has 0 fully saturated rings. The van der Waals surface area contributed by atoms with Crippen molar-refractivity contribution in [1.29, 1.82) is 0 Å². The summed E-state index contributed by atoms with van der Waals surface area (Å²) >= 11 is 0. The van der Waals surface area contributed by atoms with Gasteiger partial charge in [0.25, 0.3) is 5.91 Å². The molecule has 0 aliphatic carbocycles. The maximum atomic E-state index is 12.5. The van der Waals surface area contributed by atoms with Crippen molar-refractivity contribution < 1.29 is 24.9 Å². The standard InChI is InChI=1S/C24H29N5O5S2/c30-15-21(32)20(31)13-17-14-28-18-7-6-16(12-19(18)29-17)24(34)27-9-3-4-22(33)25-10-11-35-36-23-5-1-2-8-26-23/h1-2,5-8,12,14,20-21,30-32H,3-4,9-11,13,15H2,(H,25,33)(H,27,34). The molecule has 0 aliphatic heterocycles. The number of hydrogen-bond acceptors (Lipinski definition) is 10. The Balaban J connectivity index is 1.37. The summed E-state index contributed by atoms with van der Waals surface area (Å²) in [7, 11) is 3.19. The number of aromatic nitrogens is 3. The minimum Gasteiger partial charge on any atom is -0.394 e. The predicted octanol–water partition coefficient (Wildman–Crippen LogP) is 1.35. The molecule has 2 unspecified atom stereocenters. The molecule has 3 aromatic rings. The van der Waals surface area contributed by atoms with Crippen LogP contribution in [0.1, 0.15) is 28.9 Å². The zero-order valence-corrected chi connectivity index (χ0v) is 21.2. The van der Waals surface area contributed by atoms with Crippen molar-refractivity contribution in [1.82, 2.24) is 25.6 Å². The average Bonchev–Trinajstić information content (AvgIpc) is 2.90. The first kappa shape index (κ1) is 27.8. The lowest BCUT2D eigenvalue weighted by Crippen LogP contribution is -2.31. The van der Waals surface area contributed by atoms with Gasteiger partial charge in [0.15, 0.2) is 0 Å². The molecule has 0 saturated heterocycles. The number of benzene rings is 1. The van der Waals surface area contributed by atoms with Gasteiger partial charge in [-0.05, 0) is 47.5 Å². The lowest BCUT2D eigenvalue weighted by atomic mass is 10.1. The molecule has 2 heterocycles. The lowest BCUT2D eigenvalue weighted by molar-refractivity contribution is -0.121. The Bertz CT molecular complexity index is 1140. The first-order valence-corrected chi connectivity index (χ1v) is 13.8. The molecule has 10 nitrogen and oxygen atoms in total. The number of fused-ring (bicyclic) bond motifs is 1. The molecule has 2 aromatic heterocycles. The highest BCUT2D eigenvalue weighted by atomic mass is 33.1. The highest BCUT2D eigenvalue weighted by Crippen LogP contribution is 2.28. The number of pyridine rings is 1. The Morgan fingerprint density at radius 2 is 1.86 bits per heavy atom. The van der Waals surface area contributed by atoms with Crippen LogP contribution in [0.2, 0.25) is 0 Å². The van der Waals surface area contributed by atoms with Gasteiger partial charge in [0, 0.05) is 49.6 Å². The van der Waals surface area contributed by atoms with Crippen molar-refractivity contribution in [3.8, 4) is 0 Å². The second-order valence-electron chi connectivity index (χ2n) is 7.87. The van der Waals surface area contributed by atoms with Crippen LogP contribution in [0.15, 0.2) is 53.8 Å². The average molecular weight is 532 g/mol. The van der Waals surface area contributed by atoms with Gasteiger partial charge < -0.3 is 26.0 Å². The molecule has 0 radical (unpaired) electrons. The molecule has 0 spiro atoms. The summed E-state index contributed by atoms with van der Waals surface area (Å²) in [5, 5.41) is 35.0. The number of aliphatic hydroxyl groups is 3. The van der Waals surface area contributed by atoms with Gasteiger partial charge in [-0.15, -0.1) is 0 Å². The minimum atomic E-state index is -1.27. The number of hydrogen-bond donors (Lipinski definition) is 5. The Labute approximate surface area is 216 Å². The van der Waals surface area contributed by atoms with Crippen molar-refractivity contribution in [2.75, 3.05) is 25.4 Å². The minimum absolute atomic E-state index is 0.0188. The van der Waals surface area contributed by atoms with Crippen LogP contribution >= 0.6 is 21.6 Å². The van der Waals surface area contributed by atoms with Gasteiger partial charge in [-0.2, -0.15) is 0 Å². The number of nitrogens with one attached hydrogen (secondary N) is 2. The van der Waals surface area contributed by atoms with E-state index in [9.17, 15) is 19.8 Å². The van der Waals surface area contributed by atoms with E-state index < -0.39 is 18.8 Å². The van der Waals surface area contributed by atoms with Crippen LogP contribution < -0.4 is 10.6 Å². The fraction of sp³-hybridized carbons (Fsp3) is 0.375. The van der Waals surface area contributed by atoms with E-state index in [1.165, 1.54) is 6.20 Å². The lowest BCUT2D eigenvalue weighted by Gasteiger charge is -2.14. The first-order chi connectivity index (χ1) is 17.5. The van der Waals surface area contributed by atoms with Crippen LogP contribution in [-0.4, -0.2) is 79.7 Å². The Morgan fingerprint density at radius 1 is 1.00 bits per heavy atom. The smallest absolute Gasteiger partial charge is 0.251 e. The van der Waals surface area contributed by atoms with E-state index in [0.717, 1.165) is 10.8 Å². The number of rotatable bonds is 14. The van der Waals surface area contributed by atoms with Gasteiger partial charge >= 0.3 is 0 Å². The zero-order valence-electron chi connectivity index (χ0n) is 19.5. The maximum Gasteiger partial charge on any atom is 0.251 e. The topological polar surface area (TPSA) is 158 Å². The SMILES string of the molecule is O=C(CCCNC(=O)c1ccc2ncc(CC(O)C(O)CO)nc2c1)NCCSSc1ccccn1. The molecule has 36 heavy (non-hydrogen) atoms. The van der Waals surface area contributed by atoms with E-state index in [0.29, 0.717) is 48.2 Å². The molecule has 192 valence electrons. The van der Waals surface area contributed by atoms with E-state index in [4.69, 9.17) is 5.11 Å². The van der Waals surface area contributed by atoms with E-state index in [2.05, 4.69) is 25.6 Å². The molecular weight excluding hydrogens is 502 g/mol. The Kier molecular flexibility index (Phi) is 11.4. The predicted molar refractivity (Wildman–Crippen MR) is 139 cm³/mol. The first-order valence-electron chi connectivity index (χ1n) is 11.4. The summed E-state index contributed by atoms with van der Waals surface area (Å²) < 4.78 is 0. The van der Waals surface area contributed by atoms with Crippen LogP contribution in [0.5, 0.6) is 0 Å². The monoisotopic (exact) mass is 531 g/mol. The number of amides is 2. The summed E-state index contributed by atoms with van der Waals surface area (Å²) in [6.45, 7) is 0.358. The number of nitrogens with zero attached hydrogens (tertiary/aromatic N) is 3. The molecular formula is C24H29N5O5S2. The van der Waals surface area contributed by atoms with Crippen molar-refractivity contribution in [2.24, 2.45) is 0 Å². The fourth-order valence-corrected chi connectivity index (χ4v) is 4.92. The fourth-order valence-electron chi connectivity index (χ4n) is 3.13. The maximum absolute atomic E-state index is 12.5. The van der Waals surface area contributed by atoms with Crippen molar-refractivity contribution in [3.05, 3.63) is 60.0 Å². The zero-order chi connectivity index (χ0) is 25.8. The molecule has 0 aliphatic rings. The molecule has 0 saturated carbocycles. The second kappa shape index (κ2) is 14.7. The van der Waals surface area contributed by atoms with Crippen molar-refractivity contribution in [3.63, 3.8) is 0 Å². The number of carbonyl (C=O) groups is 2. The summed E-state index contributed by atoms with van der Waals surface area (Å²) in [5.74, 6) is 0.412. The third kappa shape index (κ3) is 9.03. The van der Waals surface area contributed by atoms with Gasteiger partial charge in [0.2, 0.25) is 5.91 Å². The van der Waals surface area contributed by atoms with Crippen molar-refractivity contribution >= 4 is 44.4 Å². The van der Waals surface area contributed by atoms with Gasteiger partial charge in [0.05, 0.1) is 29.4 Å². The van der Waals surface area contributed by atoms with Gasteiger partial charge in [0.1, 0.15) is 11.1 Å². The largest absolute Gasteiger partial charge is 0.394 e. The van der Waals surface area contributed by atoms with Gasteiger partial charge in [-0.3, -0.25) is 14.6 Å². The van der Waals surface area contributed by atoms with Crippen LogP contribution in [0, 0.1) is 0 Å². The quantitative estimate of drug-likeness (QED) is 0.152. The van der Waals surface area contributed by atoms with E-state index >= 15 is 0 Å². The van der Waals surface area contributed by atoms with Crippen LogP contribution in [-0.2, 0) is 11.2 Å². The van der Waals surface area contributed by atoms with Crippen LogP contribution in [0.3, 0.4) is 0 Å². The van der Waals surface area contributed by atoms with Crippen LogP contribution in [0.4, 0.5) is 0 Å². The normalized spacial score (nSPS) is 12.8. The number of aliphatic hydroxyl groups excluding tert-OH is 3.